The summed E-state index contributed by atoms with van der Waals surface area (Å²) in [6.45, 7) is 2.73. The van der Waals surface area contributed by atoms with Gasteiger partial charge in [-0.25, -0.2) is 0 Å². The number of benzene rings is 1. The molecule has 1 aromatic rings. The Morgan fingerprint density at radius 1 is 1.26 bits per heavy atom. The molecule has 1 N–H and O–H groups in total. The van der Waals surface area contributed by atoms with Crippen LogP contribution in [0.25, 0.3) is 0 Å². The van der Waals surface area contributed by atoms with E-state index in [1.54, 1.807) is 0 Å². The highest BCUT2D eigenvalue weighted by molar-refractivity contribution is 5.89. The van der Waals surface area contributed by atoms with Crippen LogP contribution in [0.1, 0.15) is 24.8 Å². The topological polar surface area (TPSA) is 52.7 Å². The summed E-state index contributed by atoms with van der Waals surface area (Å²) in [5, 5.41) is 3.26. The molecule has 0 saturated carbocycles. The summed E-state index contributed by atoms with van der Waals surface area (Å²) in [4.78, 5) is 28.7. The van der Waals surface area contributed by atoms with Crippen molar-refractivity contribution in [3.8, 4) is 0 Å². The molecule has 0 aliphatic carbocycles. The molecule has 2 unspecified atom stereocenters. The van der Waals surface area contributed by atoms with Crippen LogP contribution >= 0.6 is 0 Å². The van der Waals surface area contributed by atoms with E-state index in [0.717, 1.165) is 31.5 Å². The Hall–Kier alpha value is -1.88. The molecule has 2 heterocycles. The number of hydrogen-bond donors (Lipinski definition) is 1. The number of amides is 2. The van der Waals surface area contributed by atoms with Crippen molar-refractivity contribution in [3.63, 3.8) is 0 Å². The molecule has 0 spiro atoms. The van der Waals surface area contributed by atoms with E-state index in [1.165, 1.54) is 0 Å². The normalized spacial score (nSPS) is 25.0. The summed E-state index contributed by atoms with van der Waals surface area (Å²) in [6, 6.07) is 10.3. The summed E-state index contributed by atoms with van der Waals surface area (Å²) < 4.78 is 0. The van der Waals surface area contributed by atoms with Crippen LogP contribution in [0.4, 0.5) is 0 Å². The number of likely N-dealkylation sites (tertiary alicyclic amines) is 2. The minimum absolute atomic E-state index is 0.0920. The zero-order valence-corrected chi connectivity index (χ0v) is 13.7. The molecule has 2 atom stereocenters. The predicted molar refractivity (Wildman–Crippen MR) is 88.6 cm³/mol. The van der Waals surface area contributed by atoms with Gasteiger partial charge in [-0.1, -0.05) is 30.3 Å². The largest absolute Gasteiger partial charge is 0.341 e. The van der Waals surface area contributed by atoms with Crippen LogP contribution < -0.4 is 5.32 Å². The van der Waals surface area contributed by atoms with E-state index in [1.807, 2.05) is 47.2 Å². The maximum Gasteiger partial charge on any atom is 0.228 e. The van der Waals surface area contributed by atoms with Gasteiger partial charge in [-0.15, -0.1) is 0 Å². The van der Waals surface area contributed by atoms with E-state index in [9.17, 15) is 9.59 Å². The fraction of sp³-hybridized carbons (Fsp3) is 0.556. The van der Waals surface area contributed by atoms with Gasteiger partial charge in [0.2, 0.25) is 11.8 Å². The highest BCUT2D eigenvalue weighted by Gasteiger charge is 2.37. The van der Waals surface area contributed by atoms with Crippen molar-refractivity contribution in [2.75, 3.05) is 26.7 Å². The number of carbonyl (C=O) groups excluding carboxylic acids is 2. The summed E-state index contributed by atoms with van der Waals surface area (Å²) in [7, 11) is 1.94. The van der Waals surface area contributed by atoms with E-state index >= 15 is 0 Å². The first-order valence-corrected chi connectivity index (χ1v) is 8.45. The standard InChI is InChI=1S/C18H25N3O2/c1-19-16-8-5-9-20(13-16)18(23)15-10-17(22)21(12-15)11-14-6-3-2-4-7-14/h2-4,6-7,15-16,19H,5,8-13H2,1H3. The third-order valence-electron chi connectivity index (χ3n) is 4.92. The minimum atomic E-state index is -0.179. The number of nitrogens with zero attached hydrogens (tertiary/aromatic N) is 2. The van der Waals surface area contributed by atoms with Crippen LogP contribution in [-0.2, 0) is 16.1 Å². The summed E-state index contributed by atoms with van der Waals surface area (Å²) in [6.07, 6.45) is 2.50. The van der Waals surface area contributed by atoms with Crippen molar-refractivity contribution in [2.45, 2.75) is 31.8 Å². The average Bonchev–Trinajstić information content (AvgIpc) is 2.96. The second-order valence-corrected chi connectivity index (χ2v) is 6.57. The Balaban J connectivity index is 1.59. The smallest absolute Gasteiger partial charge is 0.228 e. The Labute approximate surface area is 137 Å². The van der Waals surface area contributed by atoms with E-state index in [4.69, 9.17) is 0 Å². The lowest BCUT2D eigenvalue weighted by atomic mass is 10.0. The molecule has 124 valence electrons. The molecule has 5 heteroatoms. The third kappa shape index (κ3) is 3.72. The van der Waals surface area contributed by atoms with Crippen molar-refractivity contribution in [3.05, 3.63) is 35.9 Å². The maximum atomic E-state index is 12.7. The predicted octanol–water partition coefficient (Wildman–Crippen LogP) is 1.25. The van der Waals surface area contributed by atoms with E-state index < -0.39 is 0 Å². The molecule has 2 aliphatic heterocycles. The molecule has 2 saturated heterocycles. The number of rotatable bonds is 4. The number of hydrogen-bond acceptors (Lipinski definition) is 3. The Morgan fingerprint density at radius 2 is 2.04 bits per heavy atom. The van der Waals surface area contributed by atoms with Crippen molar-refractivity contribution in [1.82, 2.24) is 15.1 Å². The van der Waals surface area contributed by atoms with Crippen molar-refractivity contribution in [2.24, 2.45) is 5.92 Å². The van der Waals surface area contributed by atoms with Gasteiger partial charge in [0.05, 0.1) is 5.92 Å². The van der Waals surface area contributed by atoms with E-state index in [0.29, 0.717) is 25.6 Å². The van der Waals surface area contributed by atoms with Crippen LogP contribution in [0, 0.1) is 5.92 Å². The number of likely N-dealkylation sites (N-methyl/N-ethyl adjacent to an activating group) is 1. The van der Waals surface area contributed by atoms with Gasteiger partial charge in [-0.05, 0) is 25.5 Å². The van der Waals surface area contributed by atoms with Gasteiger partial charge in [0, 0.05) is 38.6 Å². The Kier molecular flexibility index (Phi) is 4.96. The van der Waals surface area contributed by atoms with Crippen LogP contribution in [0.2, 0.25) is 0 Å². The Morgan fingerprint density at radius 3 is 2.78 bits per heavy atom. The first-order chi connectivity index (χ1) is 11.2. The van der Waals surface area contributed by atoms with Gasteiger partial charge in [0.15, 0.2) is 0 Å². The van der Waals surface area contributed by atoms with Gasteiger partial charge >= 0.3 is 0 Å². The molecule has 0 aromatic heterocycles. The Bertz CT molecular complexity index is 561. The SMILES string of the molecule is CNC1CCCN(C(=O)C2CC(=O)N(Cc3ccccc3)C2)C1. The molecule has 2 amide bonds. The molecule has 5 nitrogen and oxygen atoms in total. The molecular weight excluding hydrogens is 290 g/mol. The molecule has 2 aliphatic rings. The summed E-state index contributed by atoms with van der Waals surface area (Å²) in [5.74, 6) is 0.0602. The van der Waals surface area contributed by atoms with Crippen LogP contribution in [-0.4, -0.2) is 54.3 Å². The van der Waals surface area contributed by atoms with E-state index in [-0.39, 0.29) is 17.7 Å². The van der Waals surface area contributed by atoms with Crippen molar-refractivity contribution in [1.29, 1.82) is 0 Å². The molecule has 23 heavy (non-hydrogen) atoms. The lowest BCUT2D eigenvalue weighted by Gasteiger charge is -2.34. The van der Waals surface area contributed by atoms with Gasteiger partial charge in [0.1, 0.15) is 0 Å². The highest BCUT2D eigenvalue weighted by Crippen LogP contribution is 2.23. The molecule has 0 bridgehead atoms. The molecule has 3 rings (SSSR count). The van der Waals surface area contributed by atoms with Crippen LogP contribution in [0.5, 0.6) is 0 Å². The second-order valence-electron chi connectivity index (χ2n) is 6.57. The average molecular weight is 315 g/mol. The van der Waals surface area contributed by atoms with Crippen LogP contribution in [0.3, 0.4) is 0 Å². The quantitative estimate of drug-likeness (QED) is 0.910. The summed E-state index contributed by atoms with van der Waals surface area (Å²) in [5.41, 5.74) is 1.11. The number of carbonyl (C=O) groups is 2. The van der Waals surface area contributed by atoms with Gasteiger partial charge in [-0.2, -0.15) is 0 Å². The van der Waals surface area contributed by atoms with Crippen molar-refractivity contribution < 1.29 is 9.59 Å². The van der Waals surface area contributed by atoms with E-state index in [2.05, 4.69) is 5.32 Å². The lowest BCUT2D eigenvalue weighted by Crippen LogP contribution is -2.49. The third-order valence-corrected chi connectivity index (χ3v) is 4.92. The minimum Gasteiger partial charge on any atom is -0.341 e. The second kappa shape index (κ2) is 7.13. The molecule has 0 radical (unpaired) electrons. The van der Waals surface area contributed by atoms with Crippen LogP contribution in [0.15, 0.2) is 30.3 Å². The number of piperidine rings is 1. The van der Waals surface area contributed by atoms with Gasteiger partial charge in [-0.3, -0.25) is 9.59 Å². The lowest BCUT2D eigenvalue weighted by molar-refractivity contribution is -0.137. The van der Waals surface area contributed by atoms with Crippen molar-refractivity contribution >= 4 is 11.8 Å². The first-order valence-electron chi connectivity index (χ1n) is 8.45. The molecular formula is C18H25N3O2. The fourth-order valence-corrected chi connectivity index (χ4v) is 3.57. The highest BCUT2D eigenvalue weighted by atomic mass is 16.2. The van der Waals surface area contributed by atoms with Gasteiger partial charge in [0.25, 0.3) is 0 Å². The molecule has 2 fully saturated rings. The zero-order chi connectivity index (χ0) is 16.2. The number of nitrogens with one attached hydrogen (secondary N) is 1. The first kappa shape index (κ1) is 16.0. The monoisotopic (exact) mass is 315 g/mol. The zero-order valence-electron chi connectivity index (χ0n) is 13.7. The van der Waals surface area contributed by atoms with Gasteiger partial charge < -0.3 is 15.1 Å². The summed E-state index contributed by atoms with van der Waals surface area (Å²) >= 11 is 0. The molecule has 1 aromatic carbocycles. The maximum absolute atomic E-state index is 12.7. The fourth-order valence-electron chi connectivity index (χ4n) is 3.57.